The van der Waals surface area contributed by atoms with Crippen molar-refractivity contribution in [2.45, 2.75) is 6.92 Å². The minimum absolute atomic E-state index is 0.125. The van der Waals surface area contributed by atoms with Crippen molar-refractivity contribution in [2.24, 2.45) is 0 Å². The van der Waals surface area contributed by atoms with Crippen LogP contribution < -0.4 is 5.32 Å². The second-order valence-corrected chi connectivity index (χ2v) is 2.43. The first-order valence-corrected chi connectivity index (χ1v) is 4.60. The molecule has 6 heteroatoms. The van der Waals surface area contributed by atoms with E-state index < -0.39 is 12.1 Å². The highest BCUT2D eigenvalue weighted by atomic mass is 28.1. The fourth-order valence-corrected chi connectivity index (χ4v) is 0.918. The van der Waals surface area contributed by atoms with Gasteiger partial charge in [0.15, 0.2) is 0 Å². The number of ether oxygens (including phenoxy) is 1. The summed E-state index contributed by atoms with van der Waals surface area (Å²) in [4.78, 5) is 21.0. The highest BCUT2D eigenvalue weighted by Crippen LogP contribution is 1.88. The van der Waals surface area contributed by atoms with E-state index in [0.29, 0.717) is 10.2 Å². The Morgan fingerprint density at radius 2 is 2.25 bits per heavy atom. The summed E-state index contributed by atoms with van der Waals surface area (Å²) < 4.78 is 4.49. The van der Waals surface area contributed by atoms with E-state index in [-0.39, 0.29) is 12.3 Å². The number of rotatable bonds is 3. The molecule has 0 saturated heterocycles. The normalized spacial score (nSPS) is 10.9. The first kappa shape index (κ1) is 10.7. The number of nitrogens with one attached hydrogen (secondary N) is 1. The summed E-state index contributed by atoms with van der Waals surface area (Å²) in [6, 6.07) is 0. The van der Waals surface area contributed by atoms with Crippen molar-refractivity contribution >= 4 is 22.3 Å². The predicted octanol–water partition coefficient (Wildman–Crippen LogP) is -0.976. The molecule has 0 heterocycles. The zero-order chi connectivity index (χ0) is 9.56. The van der Waals surface area contributed by atoms with Gasteiger partial charge in [-0.2, -0.15) is 0 Å². The summed E-state index contributed by atoms with van der Waals surface area (Å²) in [6.07, 6.45) is -0.734. The molecular formula is C6H11NO4Si. The van der Waals surface area contributed by atoms with Crippen molar-refractivity contribution in [3.8, 4) is 0 Å². The van der Waals surface area contributed by atoms with Crippen LogP contribution >= 0.6 is 0 Å². The molecule has 0 fully saturated rings. The van der Waals surface area contributed by atoms with E-state index in [4.69, 9.17) is 5.11 Å². The summed E-state index contributed by atoms with van der Waals surface area (Å²) >= 11 is 0. The highest BCUT2D eigenvalue weighted by molar-refractivity contribution is 6.19. The number of amides is 1. The molecule has 1 amide bonds. The quantitative estimate of drug-likeness (QED) is 0.442. The van der Waals surface area contributed by atoms with Crippen LogP contribution in [-0.4, -0.2) is 34.0 Å². The van der Waals surface area contributed by atoms with Gasteiger partial charge in [-0.15, -0.1) is 0 Å². The van der Waals surface area contributed by atoms with Gasteiger partial charge in [-0.1, -0.05) is 5.70 Å². The van der Waals surface area contributed by atoms with Crippen LogP contribution in [0.1, 0.15) is 6.92 Å². The van der Waals surface area contributed by atoms with Crippen LogP contribution in [0.5, 0.6) is 0 Å². The molecule has 0 aliphatic heterocycles. The molecule has 0 saturated carbocycles. The fourth-order valence-electron chi connectivity index (χ4n) is 0.526. The molecule has 0 radical (unpaired) electrons. The van der Waals surface area contributed by atoms with Gasteiger partial charge in [0.1, 0.15) is 5.70 Å². The first-order valence-electron chi connectivity index (χ1n) is 3.45. The lowest BCUT2D eigenvalue weighted by Crippen LogP contribution is -2.27. The van der Waals surface area contributed by atoms with Gasteiger partial charge in [0.25, 0.3) is 0 Å². The fraction of sp³-hybridized carbons (Fsp3) is 0.333. The van der Waals surface area contributed by atoms with Gasteiger partial charge in [0.2, 0.25) is 0 Å². The van der Waals surface area contributed by atoms with Crippen LogP contribution in [0.4, 0.5) is 4.79 Å². The van der Waals surface area contributed by atoms with Crippen molar-refractivity contribution in [3.63, 3.8) is 0 Å². The minimum Gasteiger partial charge on any atom is -0.477 e. The van der Waals surface area contributed by atoms with Crippen LogP contribution in [-0.2, 0) is 9.53 Å². The van der Waals surface area contributed by atoms with Gasteiger partial charge in [-0.25, -0.2) is 9.59 Å². The third kappa shape index (κ3) is 3.77. The van der Waals surface area contributed by atoms with E-state index in [0.717, 1.165) is 0 Å². The lowest BCUT2D eigenvalue weighted by Gasteiger charge is -2.04. The third-order valence-electron chi connectivity index (χ3n) is 1.03. The first-order chi connectivity index (χ1) is 5.61. The average molecular weight is 189 g/mol. The van der Waals surface area contributed by atoms with Gasteiger partial charge < -0.3 is 9.84 Å². The largest absolute Gasteiger partial charge is 0.477 e. The number of hydrogen-bond donors (Lipinski definition) is 2. The summed E-state index contributed by atoms with van der Waals surface area (Å²) in [5.74, 6) is -1.15. The maximum absolute atomic E-state index is 10.7. The third-order valence-corrected chi connectivity index (χ3v) is 1.61. The number of carbonyl (C=O) groups excluding carboxylic acids is 1. The van der Waals surface area contributed by atoms with Gasteiger partial charge in [-0.05, 0) is 6.92 Å². The monoisotopic (exact) mass is 189 g/mol. The smallest absolute Gasteiger partial charge is 0.411 e. The highest BCUT2D eigenvalue weighted by Gasteiger charge is 2.09. The topological polar surface area (TPSA) is 75.6 Å². The van der Waals surface area contributed by atoms with Crippen molar-refractivity contribution in [1.29, 1.82) is 0 Å². The lowest BCUT2D eigenvalue weighted by atomic mass is 10.5. The standard InChI is InChI=1S/C6H11NO4Si/c1-2-11-6(10)7-4(3-12)5(8)9/h3H,2H2,1,12H3,(H,7,10)(H,8,9). The lowest BCUT2D eigenvalue weighted by molar-refractivity contribution is -0.133. The summed E-state index contributed by atoms with van der Waals surface area (Å²) in [5, 5.41) is 10.6. The number of aliphatic carboxylic acids is 1. The van der Waals surface area contributed by atoms with Crippen molar-refractivity contribution in [3.05, 3.63) is 11.4 Å². The van der Waals surface area contributed by atoms with Crippen LogP contribution in [0.25, 0.3) is 0 Å². The Bertz CT molecular complexity index is 214. The number of carbonyl (C=O) groups is 2. The molecule has 0 aliphatic carbocycles. The Kier molecular flexibility index (Phi) is 4.78. The van der Waals surface area contributed by atoms with E-state index in [9.17, 15) is 9.59 Å². The molecule has 0 atom stereocenters. The molecule has 12 heavy (non-hydrogen) atoms. The van der Waals surface area contributed by atoms with E-state index >= 15 is 0 Å². The van der Waals surface area contributed by atoms with Gasteiger partial charge in [0, 0.05) is 10.2 Å². The second kappa shape index (κ2) is 5.36. The van der Waals surface area contributed by atoms with Crippen LogP contribution in [0.3, 0.4) is 0 Å². The molecule has 0 aromatic heterocycles. The Morgan fingerprint density at radius 1 is 1.67 bits per heavy atom. The van der Waals surface area contributed by atoms with E-state index in [2.05, 4.69) is 10.1 Å². The van der Waals surface area contributed by atoms with Gasteiger partial charge >= 0.3 is 12.1 Å². The molecule has 0 aromatic carbocycles. The summed E-state index contributed by atoms with van der Waals surface area (Å²) in [6.45, 7) is 1.87. The van der Waals surface area contributed by atoms with Gasteiger partial charge in [-0.3, -0.25) is 5.32 Å². The maximum Gasteiger partial charge on any atom is 0.411 e. The van der Waals surface area contributed by atoms with Gasteiger partial charge in [0.05, 0.1) is 6.61 Å². The molecule has 68 valence electrons. The zero-order valence-electron chi connectivity index (χ0n) is 6.96. The number of hydrogen-bond acceptors (Lipinski definition) is 3. The van der Waals surface area contributed by atoms with Crippen molar-refractivity contribution in [1.82, 2.24) is 5.32 Å². The maximum atomic E-state index is 10.7. The molecule has 2 N–H and O–H groups in total. The Balaban J connectivity index is 4.05. The van der Waals surface area contributed by atoms with E-state index in [1.807, 2.05) is 0 Å². The summed E-state index contributed by atoms with van der Waals surface area (Å²) in [5.41, 5.74) is 1.29. The van der Waals surface area contributed by atoms with E-state index in [1.165, 1.54) is 5.70 Å². The molecule has 0 spiro atoms. The Labute approximate surface area is 72.8 Å². The van der Waals surface area contributed by atoms with Crippen LogP contribution in [0, 0.1) is 0 Å². The van der Waals surface area contributed by atoms with E-state index in [1.54, 1.807) is 6.92 Å². The predicted molar refractivity (Wildman–Crippen MR) is 45.8 cm³/mol. The molecule has 0 rings (SSSR count). The minimum atomic E-state index is -1.15. The second-order valence-electron chi connectivity index (χ2n) is 1.85. The number of carboxylic acid groups (broad SMARTS) is 1. The molecule has 0 aliphatic rings. The number of alkyl carbamates (subject to hydrolysis) is 1. The molecule has 0 bridgehead atoms. The number of carboxylic acids is 1. The Hall–Kier alpha value is -1.30. The SMILES string of the molecule is CCOC(=O)NC(=C[SiH3])C(=O)O. The van der Waals surface area contributed by atoms with Crippen molar-refractivity contribution < 1.29 is 19.4 Å². The van der Waals surface area contributed by atoms with Crippen LogP contribution in [0.15, 0.2) is 11.4 Å². The molecule has 5 nitrogen and oxygen atoms in total. The average Bonchev–Trinajstić information content (AvgIpc) is 2.00. The molecule has 0 aromatic rings. The molecular weight excluding hydrogens is 178 g/mol. The Morgan fingerprint density at radius 3 is 2.58 bits per heavy atom. The zero-order valence-corrected chi connectivity index (χ0v) is 8.96. The molecule has 0 unspecified atom stereocenters. The summed E-state index contributed by atoms with van der Waals surface area (Å²) in [7, 11) is 0.566. The van der Waals surface area contributed by atoms with Crippen LogP contribution in [0.2, 0.25) is 0 Å². The van der Waals surface area contributed by atoms with Crippen molar-refractivity contribution in [2.75, 3.05) is 6.61 Å².